The van der Waals surface area contributed by atoms with Crippen molar-refractivity contribution >= 4 is 23.5 Å². The van der Waals surface area contributed by atoms with Crippen molar-refractivity contribution in [1.29, 1.82) is 0 Å². The van der Waals surface area contributed by atoms with Gasteiger partial charge in [-0.1, -0.05) is 13.0 Å². The second-order valence-corrected chi connectivity index (χ2v) is 9.43. The lowest BCUT2D eigenvalue weighted by Gasteiger charge is -2.25. The number of halogens is 3. The fourth-order valence-corrected chi connectivity index (χ4v) is 4.87. The second-order valence-electron chi connectivity index (χ2n) is 9.43. The molecule has 3 amide bonds. The summed E-state index contributed by atoms with van der Waals surface area (Å²) < 4.78 is 40.6. The van der Waals surface area contributed by atoms with Crippen LogP contribution in [0.15, 0.2) is 48.7 Å². The van der Waals surface area contributed by atoms with Gasteiger partial charge in [0.25, 0.3) is 11.8 Å². The van der Waals surface area contributed by atoms with Crippen LogP contribution in [0.3, 0.4) is 0 Å². The number of rotatable bonds is 8. The first-order valence-electron chi connectivity index (χ1n) is 12.2. The summed E-state index contributed by atoms with van der Waals surface area (Å²) in [5, 5.41) is 2.69. The van der Waals surface area contributed by atoms with E-state index in [1.54, 1.807) is 23.1 Å². The van der Waals surface area contributed by atoms with E-state index in [0.29, 0.717) is 19.4 Å². The maximum atomic E-state index is 13.0. The predicted octanol–water partition coefficient (Wildman–Crippen LogP) is 2.82. The van der Waals surface area contributed by atoms with Gasteiger partial charge in [-0.15, -0.1) is 13.2 Å². The van der Waals surface area contributed by atoms with Crippen LogP contribution in [0.1, 0.15) is 47.0 Å². The van der Waals surface area contributed by atoms with Gasteiger partial charge in [0.1, 0.15) is 17.5 Å². The summed E-state index contributed by atoms with van der Waals surface area (Å²) in [6, 6.07) is 8.54. The van der Waals surface area contributed by atoms with Gasteiger partial charge in [0.2, 0.25) is 5.91 Å². The molecule has 1 aromatic heterocycles. The Labute approximate surface area is 216 Å². The molecule has 2 fully saturated rings. The zero-order valence-corrected chi connectivity index (χ0v) is 20.6. The number of benzene rings is 1. The quantitative estimate of drug-likeness (QED) is 0.560. The molecular weight excluding hydrogens is 505 g/mol. The molecule has 38 heavy (non-hydrogen) atoms. The number of nitrogens with one attached hydrogen (secondary N) is 1. The Hall–Kier alpha value is -3.96. The number of pyridine rings is 1. The maximum Gasteiger partial charge on any atom is 0.573 e. The number of fused-ring (bicyclic) bond motifs is 1. The molecule has 1 aromatic carbocycles. The summed E-state index contributed by atoms with van der Waals surface area (Å²) >= 11 is 0. The molecule has 0 aliphatic carbocycles. The van der Waals surface area contributed by atoms with E-state index in [1.165, 1.54) is 23.2 Å². The molecular formula is C26H27F3N4O5. The first kappa shape index (κ1) is 27.1. The van der Waals surface area contributed by atoms with Crippen LogP contribution in [0.4, 0.5) is 13.2 Å². The van der Waals surface area contributed by atoms with Crippen LogP contribution in [0, 0.1) is 5.92 Å². The molecule has 2 aromatic rings. The number of hydrogen-bond acceptors (Lipinski definition) is 6. The van der Waals surface area contributed by atoms with Gasteiger partial charge in [-0.05, 0) is 55.2 Å². The zero-order chi connectivity index (χ0) is 27.4. The van der Waals surface area contributed by atoms with Crippen molar-refractivity contribution in [3.05, 3.63) is 59.9 Å². The number of hydrogen-bond donors (Lipinski definition) is 1. The Bertz CT molecular complexity index is 1190. The molecule has 3 heterocycles. The maximum absolute atomic E-state index is 13.0. The number of likely N-dealkylation sites (tertiary alicyclic amines) is 2. The number of aromatic nitrogens is 1. The topological polar surface area (TPSA) is 109 Å². The number of amides is 3. The van der Waals surface area contributed by atoms with E-state index in [4.69, 9.17) is 0 Å². The Morgan fingerprint density at radius 3 is 2.53 bits per heavy atom. The zero-order valence-electron chi connectivity index (χ0n) is 20.6. The highest BCUT2D eigenvalue weighted by Crippen LogP contribution is 2.31. The lowest BCUT2D eigenvalue weighted by Crippen LogP contribution is -2.44. The minimum absolute atomic E-state index is 0.0561. The van der Waals surface area contributed by atoms with Crippen LogP contribution in [0.25, 0.3) is 0 Å². The van der Waals surface area contributed by atoms with E-state index in [-0.39, 0.29) is 60.3 Å². The SMILES string of the molecule is CC(CCNC(=O)c1ccc(OC(F)(F)F)cc1)CC(=O)N1CCC2C1C(=O)CN2C(=O)c1ccccn1. The Morgan fingerprint density at radius 2 is 1.87 bits per heavy atom. The van der Waals surface area contributed by atoms with Gasteiger partial charge in [-0.3, -0.25) is 24.2 Å². The minimum Gasteiger partial charge on any atom is -0.406 e. The molecule has 2 aliphatic heterocycles. The van der Waals surface area contributed by atoms with Crippen LogP contribution >= 0.6 is 0 Å². The number of carbonyl (C=O) groups excluding carboxylic acids is 4. The first-order chi connectivity index (χ1) is 18.0. The van der Waals surface area contributed by atoms with Crippen LogP contribution in [-0.4, -0.2) is 76.4 Å². The molecule has 4 rings (SSSR count). The lowest BCUT2D eigenvalue weighted by atomic mass is 10.0. The van der Waals surface area contributed by atoms with E-state index in [1.807, 2.05) is 6.92 Å². The van der Waals surface area contributed by atoms with Gasteiger partial charge in [0, 0.05) is 31.3 Å². The Balaban J connectivity index is 1.24. The minimum atomic E-state index is -4.81. The van der Waals surface area contributed by atoms with Crippen molar-refractivity contribution in [3.8, 4) is 5.75 Å². The van der Waals surface area contributed by atoms with Crippen molar-refractivity contribution in [3.63, 3.8) is 0 Å². The lowest BCUT2D eigenvalue weighted by molar-refractivity contribution is -0.274. The highest BCUT2D eigenvalue weighted by atomic mass is 19.4. The van der Waals surface area contributed by atoms with E-state index in [2.05, 4.69) is 15.0 Å². The second kappa shape index (κ2) is 11.2. The van der Waals surface area contributed by atoms with Crippen molar-refractivity contribution in [1.82, 2.24) is 20.1 Å². The predicted molar refractivity (Wildman–Crippen MR) is 128 cm³/mol. The molecule has 9 nitrogen and oxygen atoms in total. The molecule has 0 bridgehead atoms. The summed E-state index contributed by atoms with van der Waals surface area (Å²) in [7, 11) is 0. The van der Waals surface area contributed by atoms with E-state index < -0.39 is 24.1 Å². The van der Waals surface area contributed by atoms with E-state index in [0.717, 1.165) is 12.1 Å². The number of carbonyl (C=O) groups is 4. The summed E-state index contributed by atoms with van der Waals surface area (Å²) in [5.74, 6) is -1.66. The number of ether oxygens (including phenoxy) is 1. The Morgan fingerprint density at radius 1 is 1.13 bits per heavy atom. The number of Topliss-reactive ketones (excluding diaryl/α,β-unsaturated/α-hetero) is 1. The normalized spacial score (nSPS) is 19.7. The molecule has 1 N–H and O–H groups in total. The van der Waals surface area contributed by atoms with Crippen molar-refractivity contribution in [2.75, 3.05) is 19.6 Å². The molecule has 3 atom stereocenters. The number of nitrogens with zero attached hydrogens (tertiary/aromatic N) is 3. The van der Waals surface area contributed by atoms with Gasteiger partial charge in [0.05, 0.1) is 12.6 Å². The first-order valence-corrected chi connectivity index (χ1v) is 12.2. The van der Waals surface area contributed by atoms with Gasteiger partial charge in [0.15, 0.2) is 5.78 Å². The van der Waals surface area contributed by atoms with Gasteiger partial charge < -0.3 is 19.9 Å². The Kier molecular flexibility index (Phi) is 7.98. The van der Waals surface area contributed by atoms with E-state index in [9.17, 15) is 32.3 Å². The van der Waals surface area contributed by atoms with Gasteiger partial charge in [-0.25, -0.2) is 0 Å². The standard InChI is InChI=1S/C26H27F3N4O5/c1-16(9-12-31-24(36)17-5-7-18(8-6-17)38-26(27,28)29)14-22(35)32-13-10-20-23(32)21(34)15-33(20)25(37)19-4-2-3-11-30-19/h2-8,11,16,20,23H,9-10,12-15H2,1H3,(H,31,36). The molecule has 2 saturated heterocycles. The number of alkyl halides is 3. The third-order valence-corrected chi connectivity index (χ3v) is 6.68. The molecule has 0 spiro atoms. The molecule has 0 radical (unpaired) electrons. The van der Waals surface area contributed by atoms with E-state index >= 15 is 0 Å². The molecule has 0 saturated carbocycles. The average molecular weight is 533 g/mol. The van der Waals surface area contributed by atoms with Crippen LogP contribution < -0.4 is 10.1 Å². The molecule has 12 heteroatoms. The number of ketones is 1. The van der Waals surface area contributed by atoms with Crippen molar-refractivity contribution < 1.29 is 37.1 Å². The van der Waals surface area contributed by atoms with Crippen molar-refractivity contribution in [2.24, 2.45) is 5.92 Å². The monoisotopic (exact) mass is 532 g/mol. The average Bonchev–Trinajstić information content (AvgIpc) is 3.45. The molecule has 202 valence electrons. The summed E-state index contributed by atoms with van der Waals surface area (Å²) in [5.41, 5.74) is 0.433. The summed E-state index contributed by atoms with van der Waals surface area (Å²) in [6.07, 6.45) is -2.14. The summed E-state index contributed by atoms with van der Waals surface area (Å²) in [4.78, 5) is 58.0. The fourth-order valence-electron chi connectivity index (χ4n) is 4.87. The smallest absolute Gasteiger partial charge is 0.406 e. The van der Waals surface area contributed by atoms with Crippen LogP contribution in [0.5, 0.6) is 5.75 Å². The van der Waals surface area contributed by atoms with Gasteiger partial charge in [-0.2, -0.15) is 0 Å². The summed E-state index contributed by atoms with van der Waals surface area (Å²) in [6.45, 7) is 2.43. The fraction of sp³-hybridized carbons (Fsp3) is 0.423. The third kappa shape index (κ3) is 6.29. The van der Waals surface area contributed by atoms with Crippen LogP contribution in [0.2, 0.25) is 0 Å². The molecule has 2 aliphatic rings. The third-order valence-electron chi connectivity index (χ3n) is 6.68. The van der Waals surface area contributed by atoms with Crippen molar-refractivity contribution in [2.45, 2.75) is 44.6 Å². The van der Waals surface area contributed by atoms with Crippen LogP contribution in [-0.2, 0) is 9.59 Å². The highest BCUT2D eigenvalue weighted by Gasteiger charge is 2.51. The largest absolute Gasteiger partial charge is 0.573 e. The highest BCUT2D eigenvalue weighted by molar-refractivity contribution is 6.01. The van der Waals surface area contributed by atoms with Gasteiger partial charge >= 0.3 is 6.36 Å². The molecule has 3 unspecified atom stereocenters.